The first kappa shape index (κ1) is 11.6. The second-order valence-electron chi connectivity index (χ2n) is 5.31. The summed E-state index contributed by atoms with van der Waals surface area (Å²) < 4.78 is 5.26. The molecule has 20 heavy (non-hydrogen) atoms. The SMILES string of the molecule is O=C(c1ccco1)N1CCN2CCCc3cccc1c32. The number of rotatable bonds is 1. The Labute approximate surface area is 117 Å². The molecule has 4 heteroatoms. The van der Waals surface area contributed by atoms with E-state index >= 15 is 0 Å². The van der Waals surface area contributed by atoms with E-state index in [0.717, 1.165) is 31.7 Å². The molecule has 4 rings (SSSR count). The monoisotopic (exact) mass is 268 g/mol. The molecule has 102 valence electrons. The highest BCUT2D eigenvalue weighted by Crippen LogP contribution is 2.39. The number of hydrogen-bond donors (Lipinski definition) is 0. The molecule has 2 aliphatic rings. The van der Waals surface area contributed by atoms with Crippen molar-refractivity contribution < 1.29 is 9.21 Å². The molecular weight excluding hydrogens is 252 g/mol. The molecule has 2 aromatic rings. The minimum atomic E-state index is -0.0476. The van der Waals surface area contributed by atoms with Gasteiger partial charge in [-0.2, -0.15) is 0 Å². The summed E-state index contributed by atoms with van der Waals surface area (Å²) in [7, 11) is 0. The van der Waals surface area contributed by atoms with Gasteiger partial charge >= 0.3 is 0 Å². The molecule has 0 bridgehead atoms. The Morgan fingerprint density at radius 1 is 1.10 bits per heavy atom. The second-order valence-corrected chi connectivity index (χ2v) is 5.31. The molecule has 1 aromatic carbocycles. The highest BCUT2D eigenvalue weighted by Gasteiger charge is 2.31. The van der Waals surface area contributed by atoms with Gasteiger partial charge in [0, 0.05) is 19.6 Å². The zero-order valence-corrected chi connectivity index (χ0v) is 11.2. The molecule has 0 atom stereocenters. The number of anilines is 2. The van der Waals surface area contributed by atoms with Crippen molar-refractivity contribution in [1.82, 2.24) is 0 Å². The molecular formula is C16H16N2O2. The van der Waals surface area contributed by atoms with Crippen LogP contribution in [-0.4, -0.2) is 25.5 Å². The minimum Gasteiger partial charge on any atom is -0.459 e. The minimum absolute atomic E-state index is 0.0476. The van der Waals surface area contributed by atoms with Gasteiger partial charge in [0.05, 0.1) is 17.6 Å². The van der Waals surface area contributed by atoms with Crippen molar-refractivity contribution in [3.63, 3.8) is 0 Å². The average Bonchev–Trinajstić information content (AvgIpc) is 3.02. The fourth-order valence-corrected chi connectivity index (χ4v) is 3.24. The van der Waals surface area contributed by atoms with E-state index in [1.807, 2.05) is 17.0 Å². The number of para-hydroxylation sites is 1. The lowest BCUT2D eigenvalue weighted by Gasteiger charge is -2.41. The zero-order valence-electron chi connectivity index (χ0n) is 11.2. The van der Waals surface area contributed by atoms with Crippen molar-refractivity contribution in [3.05, 3.63) is 47.9 Å². The summed E-state index contributed by atoms with van der Waals surface area (Å²) in [5.41, 5.74) is 3.62. The molecule has 3 heterocycles. The smallest absolute Gasteiger partial charge is 0.294 e. The average molecular weight is 268 g/mol. The van der Waals surface area contributed by atoms with Gasteiger partial charge in [-0.25, -0.2) is 0 Å². The van der Waals surface area contributed by atoms with Gasteiger partial charge in [0.15, 0.2) is 5.76 Å². The van der Waals surface area contributed by atoms with E-state index in [4.69, 9.17) is 4.42 Å². The van der Waals surface area contributed by atoms with Crippen LogP contribution in [0.5, 0.6) is 0 Å². The van der Waals surface area contributed by atoms with Crippen LogP contribution in [0, 0.1) is 0 Å². The van der Waals surface area contributed by atoms with Crippen LogP contribution < -0.4 is 9.80 Å². The number of carbonyl (C=O) groups is 1. The van der Waals surface area contributed by atoms with E-state index in [2.05, 4.69) is 11.0 Å². The topological polar surface area (TPSA) is 36.7 Å². The fraction of sp³-hybridized carbons (Fsp3) is 0.312. The Morgan fingerprint density at radius 3 is 2.90 bits per heavy atom. The van der Waals surface area contributed by atoms with Crippen molar-refractivity contribution >= 4 is 17.3 Å². The molecule has 1 amide bonds. The van der Waals surface area contributed by atoms with Crippen LogP contribution in [0.3, 0.4) is 0 Å². The maximum absolute atomic E-state index is 12.6. The molecule has 0 saturated heterocycles. The first-order chi connectivity index (χ1) is 9.84. The van der Waals surface area contributed by atoms with Gasteiger partial charge in [0.2, 0.25) is 0 Å². The summed E-state index contributed by atoms with van der Waals surface area (Å²) in [5.74, 6) is 0.362. The second kappa shape index (κ2) is 4.40. The molecule has 0 radical (unpaired) electrons. The van der Waals surface area contributed by atoms with Crippen molar-refractivity contribution in [2.45, 2.75) is 12.8 Å². The number of furan rings is 1. The van der Waals surface area contributed by atoms with Crippen LogP contribution in [0.4, 0.5) is 11.4 Å². The Bertz CT molecular complexity index is 649. The van der Waals surface area contributed by atoms with Crippen molar-refractivity contribution in [2.75, 3.05) is 29.4 Å². The van der Waals surface area contributed by atoms with Crippen molar-refractivity contribution in [3.8, 4) is 0 Å². The highest BCUT2D eigenvalue weighted by molar-refractivity contribution is 6.07. The lowest BCUT2D eigenvalue weighted by molar-refractivity contribution is 0.0960. The summed E-state index contributed by atoms with van der Waals surface area (Å²) in [4.78, 5) is 16.8. The van der Waals surface area contributed by atoms with E-state index in [1.54, 1.807) is 18.4 Å². The Kier molecular flexibility index (Phi) is 2.55. The molecule has 0 N–H and O–H groups in total. The lowest BCUT2D eigenvalue weighted by Crippen LogP contribution is -2.46. The fourth-order valence-electron chi connectivity index (χ4n) is 3.24. The number of hydrogen-bond acceptors (Lipinski definition) is 3. The number of benzene rings is 1. The molecule has 2 aliphatic heterocycles. The van der Waals surface area contributed by atoms with Gasteiger partial charge in [-0.15, -0.1) is 0 Å². The molecule has 0 aliphatic carbocycles. The van der Waals surface area contributed by atoms with E-state index in [1.165, 1.54) is 17.7 Å². The normalized spacial score (nSPS) is 17.0. The van der Waals surface area contributed by atoms with Gasteiger partial charge in [-0.1, -0.05) is 12.1 Å². The number of nitrogens with zero attached hydrogens (tertiary/aromatic N) is 2. The van der Waals surface area contributed by atoms with Crippen LogP contribution >= 0.6 is 0 Å². The Morgan fingerprint density at radius 2 is 2.05 bits per heavy atom. The molecule has 4 nitrogen and oxygen atoms in total. The summed E-state index contributed by atoms with van der Waals surface area (Å²) in [6.45, 7) is 2.71. The van der Waals surface area contributed by atoms with E-state index in [0.29, 0.717) is 5.76 Å². The summed E-state index contributed by atoms with van der Waals surface area (Å²) in [6.07, 6.45) is 3.84. The van der Waals surface area contributed by atoms with Crippen LogP contribution in [0.1, 0.15) is 22.5 Å². The summed E-state index contributed by atoms with van der Waals surface area (Å²) in [6, 6.07) is 9.74. The maximum atomic E-state index is 12.6. The predicted molar refractivity (Wildman–Crippen MR) is 77.4 cm³/mol. The van der Waals surface area contributed by atoms with Crippen LogP contribution in [0.2, 0.25) is 0 Å². The van der Waals surface area contributed by atoms with Gasteiger partial charge in [-0.05, 0) is 36.6 Å². The van der Waals surface area contributed by atoms with Crippen LogP contribution in [-0.2, 0) is 6.42 Å². The van der Waals surface area contributed by atoms with Crippen molar-refractivity contribution in [1.29, 1.82) is 0 Å². The molecule has 0 unspecified atom stereocenters. The third-order valence-electron chi connectivity index (χ3n) is 4.15. The number of aryl methyl sites for hydroxylation is 1. The standard InChI is InChI=1S/C16H16N2O2/c19-16(14-7-3-11-20-14)18-10-9-17-8-2-5-12-4-1-6-13(18)15(12)17/h1,3-4,6-7,11H,2,5,8-10H2. The highest BCUT2D eigenvalue weighted by atomic mass is 16.3. The van der Waals surface area contributed by atoms with Gasteiger partial charge in [-0.3, -0.25) is 4.79 Å². The van der Waals surface area contributed by atoms with E-state index in [9.17, 15) is 4.79 Å². The lowest BCUT2D eigenvalue weighted by atomic mass is 9.98. The van der Waals surface area contributed by atoms with E-state index < -0.39 is 0 Å². The first-order valence-electron chi connectivity index (χ1n) is 7.07. The maximum Gasteiger partial charge on any atom is 0.294 e. The third-order valence-corrected chi connectivity index (χ3v) is 4.15. The van der Waals surface area contributed by atoms with E-state index in [-0.39, 0.29) is 5.91 Å². The summed E-state index contributed by atoms with van der Waals surface area (Å²) in [5, 5.41) is 0. The first-order valence-corrected chi connectivity index (χ1v) is 7.07. The quantitative estimate of drug-likeness (QED) is 0.798. The number of amides is 1. The van der Waals surface area contributed by atoms with Crippen molar-refractivity contribution in [2.24, 2.45) is 0 Å². The number of carbonyl (C=O) groups excluding carboxylic acids is 1. The molecule has 1 aromatic heterocycles. The van der Waals surface area contributed by atoms with Gasteiger partial charge in [0.1, 0.15) is 0 Å². The Hall–Kier alpha value is -2.23. The molecule has 0 saturated carbocycles. The van der Waals surface area contributed by atoms with Crippen LogP contribution in [0.25, 0.3) is 0 Å². The predicted octanol–water partition coefficient (Wildman–Crippen LogP) is 2.69. The summed E-state index contributed by atoms with van der Waals surface area (Å²) >= 11 is 0. The third kappa shape index (κ3) is 1.64. The molecule has 0 spiro atoms. The van der Waals surface area contributed by atoms with Gasteiger partial charge < -0.3 is 14.2 Å². The van der Waals surface area contributed by atoms with Gasteiger partial charge in [0.25, 0.3) is 5.91 Å². The molecule has 0 fully saturated rings. The van der Waals surface area contributed by atoms with Crippen LogP contribution in [0.15, 0.2) is 41.0 Å². The Balaban J connectivity index is 1.79. The largest absolute Gasteiger partial charge is 0.459 e. The zero-order chi connectivity index (χ0) is 13.5.